The van der Waals surface area contributed by atoms with E-state index in [4.69, 9.17) is 4.74 Å². The molecule has 0 amide bonds. The summed E-state index contributed by atoms with van der Waals surface area (Å²) in [6, 6.07) is 13.5. The molecule has 0 radical (unpaired) electrons. The number of rotatable bonds is 6. The Hall–Kier alpha value is -2.61. The molecule has 7 nitrogen and oxygen atoms in total. The average molecular weight is 390 g/mol. The first kappa shape index (κ1) is 19.2. The van der Waals surface area contributed by atoms with E-state index < -0.39 is 15.9 Å². The van der Waals surface area contributed by atoms with Crippen LogP contribution in [0.25, 0.3) is 0 Å². The minimum absolute atomic E-state index is 0.0886. The Morgan fingerprint density at radius 1 is 1.00 bits per heavy atom. The van der Waals surface area contributed by atoms with Crippen LogP contribution in [0.15, 0.2) is 53.4 Å². The molecule has 1 saturated carbocycles. The summed E-state index contributed by atoms with van der Waals surface area (Å²) >= 11 is 0. The van der Waals surface area contributed by atoms with Crippen molar-refractivity contribution in [2.24, 2.45) is 0 Å². The molecular weight excluding hydrogens is 368 g/mol. The first-order valence-electron chi connectivity index (χ1n) is 8.80. The van der Waals surface area contributed by atoms with Gasteiger partial charge in [-0.2, -0.15) is 0 Å². The van der Waals surface area contributed by atoms with E-state index in [0.29, 0.717) is 42.8 Å². The maximum atomic E-state index is 12.0. The third-order valence-corrected chi connectivity index (χ3v) is 5.83. The Labute approximate surface area is 158 Å². The first-order chi connectivity index (χ1) is 12.8. The quantitative estimate of drug-likeness (QED) is 0.595. The van der Waals surface area contributed by atoms with E-state index in [-0.39, 0.29) is 15.9 Å². The maximum Gasteiger partial charge on any atom is 0.213 e. The lowest BCUT2D eigenvalue weighted by atomic mass is 9.93. The second kappa shape index (κ2) is 7.96. The van der Waals surface area contributed by atoms with E-state index in [2.05, 4.69) is 5.32 Å². The van der Waals surface area contributed by atoms with Crippen molar-refractivity contribution in [2.75, 3.05) is 11.6 Å². The van der Waals surface area contributed by atoms with Gasteiger partial charge in [0.25, 0.3) is 0 Å². The summed E-state index contributed by atoms with van der Waals surface area (Å²) in [5.74, 6) is 0.602. The number of nitrogens with zero attached hydrogens (tertiary/aromatic N) is 1. The summed E-state index contributed by atoms with van der Waals surface area (Å²) in [5, 5.41) is 14.0. The third-order valence-electron chi connectivity index (χ3n) is 4.68. The molecule has 2 aromatic rings. The molecule has 1 aliphatic carbocycles. The molecule has 0 bridgehead atoms. The lowest BCUT2D eigenvalue weighted by molar-refractivity contribution is -0.527. The van der Waals surface area contributed by atoms with Gasteiger partial charge >= 0.3 is 0 Å². The van der Waals surface area contributed by atoms with Crippen molar-refractivity contribution < 1.29 is 18.1 Å². The number of anilines is 2. The predicted octanol–water partition coefficient (Wildman–Crippen LogP) is 3.80. The van der Waals surface area contributed by atoms with Crippen molar-refractivity contribution in [2.45, 2.75) is 42.7 Å². The Balaban J connectivity index is 1.77. The number of sulfone groups is 1. The van der Waals surface area contributed by atoms with Gasteiger partial charge in [0.15, 0.2) is 9.84 Å². The van der Waals surface area contributed by atoms with Crippen LogP contribution in [0.4, 0.5) is 11.4 Å². The molecule has 0 aliphatic heterocycles. The van der Waals surface area contributed by atoms with E-state index >= 15 is 0 Å². The molecule has 2 aromatic carbocycles. The summed E-state index contributed by atoms with van der Waals surface area (Å²) in [6.45, 7) is 0. The molecule has 144 valence electrons. The first-order valence-corrected chi connectivity index (χ1v) is 10.7. The minimum atomic E-state index is -3.38. The largest absolute Gasteiger partial charge is 0.488 e. The van der Waals surface area contributed by atoms with Crippen LogP contribution in [0.5, 0.6) is 5.75 Å². The van der Waals surface area contributed by atoms with Crippen molar-refractivity contribution in [3.8, 4) is 5.75 Å². The number of nitrogens with one attached hydrogen (secondary N) is 1. The highest BCUT2D eigenvalue weighted by atomic mass is 32.2. The highest BCUT2D eigenvalue weighted by molar-refractivity contribution is 7.90. The van der Waals surface area contributed by atoms with Crippen LogP contribution in [-0.4, -0.2) is 31.7 Å². The smallest absolute Gasteiger partial charge is 0.213 e. The second-order valence-corrected chi connectivity index (χ2v) is 8.71. The van der Waals surface area contributed by atoms with Crippen LogP contribution in [0, 0.1) is 10.1 Å². The fourth-order valence-electron chi connectivity index (χ4n) is 3.26. The Morgan fingerprint density at radius 3 is 2.22 bits per heavy atom. The van der Waals surface area contributed by atoms with Crippen LogP contribution < -0.4 is 10.1 Å². The van der Waals surface area contributed by atoms with Gasteiger partial charge in [-0.15, -0.1) is 0 Å². The van der Waals surface area contributed by atoms with E-state index in [1.54, 1.807) is 24.3 Å². The number of para-hydroxylation sites is 3. The summed E-state index contributed by atoms with van der Waals surface area (Å²) in [7, 11) is -3.38. The van der Waals surface area contributed by atoms with Crippen molar-refractivity contribution in [3.63, 3.8) is 0 Å². The molecule has 0 heterocycles. The Morgan fingerprint density at radius 2 is 1.59 bits per heavy atom. The molecule has 0 atom stereocenters. The van der Waals surface area contributed by atoms with Crippen molar-refractivity contribution in [3.05, 3.63) is 58.6 Å². The van der Waals surface area contributed by atoms with Crippen molar-refractivity contribution >= 4 is 21.2 Å². The zero-order valence-corrected chi connectivity index (χ0v) is 15.8. The Kier molecular flexibility index (Phi) is 5.65. The molecule has 3 rings (SSSR count). The molecule has 0 saturated heterocycles. The molecule has 1 fully saturated rings. The predicted molar refractivity (Wildman–Crippen MR) is 103 cm³/mol. The van der Waals surface area contributed by atoms with Gasteiger partial charge in [-0.3, -0.25) is 10.1 Å². The number of hydrogen-bond donors (Lipinski definition) is 1. The number of nitro groups is 1. The van der Waals surface area contributed by atoms with Crippen LogP contribution in [0.3, 0.4) is 0 Å². The highest BCUT2D eigenvalue weighted by Crippen LogP contribution is 2.33. The molecule has 0 spiro atoms. The lowest BCUT2D eigenvalue weighted by Crippen LogP contribution is -2.31. The zero-order chi connectivity index (χ0) is 19.4. The van der Waals surface area contributed by atoms with Gasteiger partial charge < -0.3 is 10.1 Å². The monoisotopic (exact) mass is 390 g/mol. The molecule has 1 aliphatic rings. The SMILES string of the molecule is CS(=O)(=O)c1ccccc1Nc1ccccc1OC1CCC([N+](=O)[O-])CC1. The van der Waals surface area contributed by atoms with Gasteiger partial charge in [0.05, 0.1) is 22.4 Å². The van der Waals surface area contributed by atoms with Gasteiger partial charge in [0, 0.05) is 24.0 Å². The maximum absolute atomic E-state index is 12.0. The summed E-state index contributed by atoms with van der Waals surface area (Å²) in [6.07, 6.45) is 3.34. The van der Waals surface area contributed by atoms with E-state index in [1.165, 1.54) is 6.26 Å². The van der Waals surface area contributed by atoms with E-state index in [9.17, 15) is 18.5 Å². The topological polar surface area (TPSA) is 98.5 Å². The van der Waals surface area contributed by atoms with E-state index in [0.717, 1.165) is 0 Å². The normalized spacial score (nSPS) is 20.0. The van der Waals surface area contributed by atoms with Gasteiger partial charge in [-0.25, -0.2) is 8.42 Å². The molecule has 1 N–H and O–H groups in total. The van der Waals surface area contributed by atoms with E-state index in [1.807, 2.05) is 24.3 Å². The van der Waals surface area contributed by atoms with Crippen molar-refractivity contribution in [1.29, 1.82) is 0 Å². The standard InChI is InChI=1S/C19H22N2O5S/c1-27(24,25)19-9-5-3-7-17(19)20-16-6-2-4-8-18(16)26-15-12-10-14(11-13-15)21(22)23/h2-9,14-15,20H,10-13H2,1H3. The van der Waals surface area contributed by atoms with Crippen LogP contribution in [0.1, 0.15) is 25.7 Å². The minimum Gasteiger partial charge on any atom is -0.488 e. The second-order valence-electron chi connectivity index (χ2n) is 6.72. The molecular formula is C19H22N2O5S. The fourth-order valence-corrected chi connectivity index (χ4v) is 4.11. The molecule has 0 unspecified atom stereocenters. The highest BCUT2D eigenvalue weighted by Gasteiger charge is 2.29. The van der Waals surface area contributed by atoms with Crippen LogP contribution in [-0.2, 0) is 9.84 Å². The molecule has 27 heavy (non-hydrogen) atoms. The fraction of sp³-hybridized carbons (Fsp3) is 0.368. The third kappa shape index (κ3) is 4.77. The van der Waals surface area contributed by atoms with Crippen molar-refractivity contribution in [1.82, 2.24) is 0 Å². The average Bonchev–Trinajstić information content (AvgIpc) is 2.63. The van der Waals surface area contributed by atoms with Gasteiger partial charge in [0.1, 0.15) is 5.75 Å². The summed E-state index contributed by atoms with van der Waals surface area (Å²) in [5.41, 5.74) is 1.14. The van der Waals surface area contributed by atoms with Crippen LogP contribution >= 0.6 is 0 Å². The molecule has 0 aromatic heterocycles. The lowest BCUT2D eigenvalue weighted by Gasteiger charge is -2.26. The Bertz CT molecular complexity index is 921. The van der Waals surface area contributed by atoms with Gasteiger partial charge in [-0.1, -0.05) is 24.3 Å². The zero-order valence-electron chi connectivity index (χ0n) is 15.0. The summed E-state index contributed by atoms with van der Waals surface area (Å²) in [4.78, 5) is 10.9. The molecule has 8 heteroatoms. The number of hydrogen-bond acceptors (Lipinski definition) is 6. The van der Waals surface area contributed by atoms with Gasteiger partial charge in [0.2, 0.25) is 6.04 Å². The van der Waals surface area contributed by atoms with Gasteiger partial charge in [-0.05, 0) is 37.1 Å². The van der Waals surface area contributed by atoms with Crippen LogP contribution in [0.2, 0.25) is 0 Å². The number of ether oxygens (including phenoxy) is 1. The summed E-state index contributed by atoms with van der Waals surface area (Å²) < 4.78 is 30.1. The number of benzene rings is 2.